The molecule has 0 atom stereocenters. The van der Waals surface area contributed by atoms with Crippen molar-refractivity contribution in [1.82, 2.24) is 15.4 Å². The summed E-state index contributed by atoms with van der Waals surface area (Å²) < 4.78 is 27.0. The summed E-state index contributed by atoms with van der Waals surface area (Å²) in [6.07, 6.45) is 8.37. The Kier molecular flexibility index (Phi) is 10.9. The number of allylic oxidation sites excluding steroid dienone is 1. The zero-order valence-electron chi connectivity index (χ0n) is 16.1. The van der Waals surface area contributed by atoms with Crippen LogP contribution in [0.3, 0.4) is 0 Å². The molecule has 1 aliphatic rings. The summed E-state index contributed by atoms with van der Waals surface area (Å²) in [5.74, 6) is 0.691. The van der Waals surface area contributed by atoms with Crippen molar-refractivity contribution in [3.05, 3.63) is 41.5 Å². The van der Waals surface area contributed by atoms with Gasteiger partial charge in [0.25, 0.3) is 0 Å². The quantitative estimate of drug-likeness (QED) is 0.167. The molecule has 0 fully saturated rings. The maximum Gasteiger partial charge on any atom is 0.240 e. The number of aliphatic imine (C=N–C) groups is 1. The number of nitrogens with one attached hydrogen (secondary N) is 3. The van der Waals surface area contributed by atoms with Gasteiger partial charge in [-0.3, -0.25) is 4.99 Å². The molecule has 1 aromatic carbocycles. The fourth-order valence-corrected chi connectivity index (χ4v) is 3.89. The Balaban J connectivity index is 0.00000364. The average molecular weight is 506 g/mol. The van der Waals surface area contributed by atoms with Gasteiger partial charge >= 0.3 is 0 Å². The van der Waals surface area contributed by atoms with Crippen molar-refractivity contribution >= 4 is 40.0 Å². The molecule has 0 bridgehead atoms. The molecule has 0 amide bonds. The molecule has 3 N–H and O–H groups in total. The van der Waals surface area contributed by atoms with Gasteiger partial charge in [0.1, 0.15) is 0 Å². The van der Waals surface area contributed by atoms with Crippen molar-refractivity contribution in [3.63, 3.8) is 0 Å². The molecule has 0 aliphatic heterocycles. The molecule has 152 valence electrons. The molecular weight excluding hydrogens is 475 g/mol. The summed E-state index contributed by atoms with van der Waals surface area (Å²) in [6, 6.07) is 6.82. The minimum Gasteiger partial charge on any atom is -0.356 e. The van der Waals surface area contributed by atoms with Gasteiger partial charge in [0.15, 0.2) is 5.96 Å². The molecule has 0 heterocycles. The summed E-state index contributed by atoms with van der Waals surface area (Å²) in [7, 11) is -1.76. The molecule has 8 heteroatoms. The largest absolute Gasteiger partial charge is 0.356 e. The van der Waals surface area contributed by atoms with Gasteiger partial charge < -0.3 is 10.6 Å². The summed E-state index contributed by atoms with van der Waals surface area (Å²) in [4.78, 5) is 4.45. The Bertz CT molecular complexity index is 731. The first-order valence-corrected chi connectivity index (χ1v) is 10.7. The fourth-order valence-electron chi connectivity index (χ4n) is 2.86. The molecule has 0 radical (unpaired) electrons. The van der Waals surface area contributed by atoms with Gasteiger partial charge in [0, 0.05) is 26.7 Å². The van der Waals surface area contributed by atoms with E-state index < -0.39 is 10.0 Å². The van der Waals surface area contributed by atoms with Crippen LogP contribution in [0.4, 0.5) is 0 Å². The van der Waals surface area contributed by atoms with Crippen LogP contribution in [0.5, 0.6) is 0 Å². The Morgan fingerprint density at radius 2 is 1.78 bits per heavy atom. The second-order valence-corrected chi connectivity index (χ2v) is 8.26. The van der Waals surface area contributed by atoms with Crippen molar-refractivity contribution in [3.8, 4) is 0 Å². The molecule has 0 aromatic heterocycles. The predicted molar refractivity (Wildman–Crippen MR) is 122 cm³/mol. The first-order valence-electron chi connectivity index (χ1n) is 9.20. The second kappa shape index (κ2) is 12.4. The SMILES string of the molecule is CN=C(NCCNS(=O)(=O)c1ccc(C)cc1)NCCC1=CCCCC1.I. The smallest absolute Gasteiger partial charge is 0.240 e. The molecule has 0 unspecified atom stereocenters. The van der Waals surface area contributed by atoms with Gasteiger partial charge in [-0.2, -0.15) is 0 Å². The zero-order valence-corrected chi connectivity index (χ0v) is 19.3. The van der Waals surface area contributed by atoms with Gasteiger partial charge in [0.2, 0.25) is 10.0 Å². The molecule has 2 rings (SSSR count). The number of hydrogen-bond donors (Lipinski definition) is 3. The highest BCUT2D eigenvalue weighted by Gasteiger charge is 2.12. The first-order chi connectivity index (χ1) is 12.5. The van der Waals surface area contributed by atoms with Gasteiger partial charge in [0.05, 0.1) is 4.90 Å². The van der Waals surface area contributed by atoms with Crippen LogP contribution in [0.15, 0.2) is 45.8 Å². The fraction of sp³-hybridized carbons (Fsp3) is 0.526. The van der Waals surface area contributed by atoms with Crippen LogP contribution in [0.2, 0.25) is 0 Å². The summed E-state index contributed by atoms with van der Waals surface area (Å²) in [5.41, 5.74) is 2.55. The standard InChI is InChI=1S/C19H30N4O2S.HI/c1-16-8-10-18(11-9-16)26(24,25)23-15-14-22-19(20-2)21-13-12-17-6-4-3-5-7-17;/h6,8-11,23H,3-5,7,12-15H2,1-2H3,(H2,20,21,22);1H. The van der Waals surface area contributed by atoms with Crippen LogP contribution >= 0.6 is 24.0 Å². The monoisotopic (exact) mass is 506 g/mol. The summed E-state index contributed by atoms with van der Waals surface area (Å²) in [6.45, 7) is 3.52. The molecule has 0 saturated heterocycles. The van der Waals surface area contributed by atoms with Crippen molar-refractivity contribution in [1.29, 1.82) is 0 Å². The normalized spacial score (nSPS) is 14.9. The lowest BCUT2D eigenvalue weighted by Gasteiger charge is -2.15. The van der Waals surface area contributed by atoms with Crippen molar-refractivity contribution < 1.29 is 8.42 Å². The van der Waals surface area contributed by atoms with Gasteiger partial charge in [-0.25, -0.2) is 13.1 Å². The van der Waals surface area contributed by atoms with Crippen molar-refractivity contribution in [2.24, 2.45) is 4.99 Å². The number of benzene rings is 1. The highest BCUT2D eigenvalue weighted by atomic mass is 127. The number of nitrogens with zero attached hydrogens (tertiary/aromatic N) is 1. The van der Waals surface area contributed by atoms with Crippen molar-refractivity contribution in [2.45, 2.75) is 43.9 Å². The van der Waals surface area contributed by atoms with Crippen LogP contribution in [0.1, 0.15) is 37.7 Å². The first kappa shape index (κ1) is 23.9. The van der Waals surface area contributed by atoms with E-state index in [1.165, 1.54) is 31.3 Å². The van der Waals surface area contributed by atoms with E-state index in [-0.39, 0.29) is 28.9 Å². The van der Waals surface area contributed by atoms with Gasteiger partial charge in [-0.15, -0.1) is 24.0 Å². The van der Waals surface area contributed by atoms with Crippen LogP contribution in [-0.4, -0.2) is 41.1 Å². The topological polar surface area (TPSA) is 82.6 Å². The third kappa shape index (κ3) is 8.61. The number of aryl methyl sites for hydroxylation is 1. The Labute approximate surface area is 180 Å². The summed E-state index contributed by atoms with van der Waals surface area (Å²) >= 11 is 0. The predicted octanol–water partition coefficient (Wildman–Crippen LogP) is 2.95. The lowest BCUT2D eigenvalue weighted by molar-refractivity contribution is 0.580. The maximum atomic E-state index is 12.2. The number of rotatable bonds is 8. The highest BCUT2D eigenvalue weighted by molar-refractivity contribution is 14.0. The maximum absolute atomic E-state index is 12.2. The Morgan fingerprint density at radius 3 is 2.41 bits per heavy atom. The van der Waals surface area contributed by atoms with E-state index in [2.05, 4.69) is 26.4 Å². The highest BCUT2D eigenvalue weighted by Crippen LogP contribution is 2.19. The number of halogens is 1. The summed E-state index contributed by atoms with van der Waals surface area (Å²) in [5, 5.41) is 6.41. The number of sulfonamides is 1. The van der Waals surface area contributed by atoms with E-state index >= 15 is 0 Å². The average Bonchev–Trinajstić information content (AvgIpc) is 2.65. The van der Waals surface area contributed by atoms with Crippen LogP contribution in [0.25, 0.3) is 0 Å². The third-order valence-corrected chi connectivity index (χ3v) is 5.86. The van der Waals surface area contributed by atoms with Crippen LogP contribution in [-0.2, 0) is 10.0 Å². The molecular formula is C19H31IN4O2S. The number of guanidine groups is 1. The minimum absolute atomic E-state index is 0. The van der Waals surface area contributed by atoms with E-state index in [9.17, 15) is 8.42 Å². The number of hydrogen-bond acceptors (Lipinski definition) is 3. The molecule has 0 saturated carbocycles. The molecule has 27 heavy (non-hydrogen) atoms. The Morgan fingerprint density at radius 1 is 1.07 bits per heavy atom. The van der Waals surface area contributed by atoms with Gasteiger partial charge in [-0.1, -0.05) is 29.3 Å². The minimum atomic E-state index is -3.47. The van der Waals surface area contributed by atoms with E-state index in [4.69, 9.17) is 0 Å². The molecule has 6 nitrogen and oxygen atoms in total. The molecule has 0 spiro atoms. The van der Waals surface area contributed by atoms with Crippen molar-refractivity contribution in [2.75, 3.05) is 26.7 Å². The van der Waals surface area contributed by atoms with E-state index in [0.717, 1.165) is 18.5 Å². The van der Waals surface area contributed by atoms with E-state index in [1.807, 2.05) is 6.92 Å². The van der Waals surface area contributed by atoms with Crippen LogP contribution in [0, 0.1) is 6.92 Å². The second-order valence-electron chi connectivity index (χ2n) is 6.49. The Hall–Kier alpha value is -1.13. The molecule has 1 aliphatic carbocycles. The zero-order chi connectivity index (χ0) is 18.8. The van der Waals surface area contributed by atoms with Crippen LogP contribution < -0.4 is 15.4 Å². The lowest BCUT2D eigenvalue weighted by Crippen LogP contribution is -2.41. The molecule has 1 aromatic rings. The lowest BCUT2D eigenvalue weighted by atomic mass is 9.97. The van der Waals surface area contributed by atoms with E-state index in [0.29, 0.717) is 19.0 Å². The van der Waals surface area contributed by atoms with E-state index in [1.54, 1.807) is 31.3 Å². The third-order valence-electron chi connectivity index (χ3n) is 4.39. The van der Waals surface area contributed by atoms with Gasteiger partial charge in [-0.05, 0) is 51.2 Å².